The Balaban J connectivity index is 1.98. The Bertz CT molecular complexity index is 525. The number of hydrogen-bond donors (Lipinski definition) is 2. The van der Waals surface area contributed by atoms with E-state index in [4.69, 9.17) is 9.47 Å². The van der Waals surface area contributed by atoms with Gasteiger partial charge in [-0.1, -0.05) is 31.7 Å². The molecule has 0 amide bonds. The number of carbonyl (C=O) groups is 1. The summed E-state index contributed by atoms with van der Waals surface area (Å²) in [5, 5.41) is 12.1. The second-order valence-electron chi connectivity index (χ2n) is 5.79. The number of hydrogen-bond acceptors (Lipinski definition) is 5. The van der Waals surface area contributed by atoms with Crippen molar-refractivity contribution < 1.29 is 19.4 Å². The highest BCUT2D eigenvalue weighted by Gasteiger charge is 2.40. The van der Waals surface area contributed by atoms with Crippen LogP contribution in [-0.4, -0.2) is 42.3 Å². The molecule has 4 atom stereocenters. The third-order valence-electron chi connectivity index (χ3n) is 3.89. The lowest BCUT2D eigenvalue weighted by atomic mass is 9.98. The van der Waals surface area contributed by atoms with Gasteiger partial charge in [0.05, 0.1) is 12.7 Å². The molecule has 1 saturated heterocycles. The van der Waals surface area contributed by atoms with E-state index in [1.807, 2.05) is 31.2 Å². The van der Waals surface area contributed by atoms with E-state index in [0.717, 1.165) is 23.5 Å². The van der Waals surface area contributed by atoms with E-state index in [1.54, 1.807) is 18.8 Å². The summed E-state index contributed by atoms with van der Waals surface area (Å²) < 4.78 is 11.6. The molecule has 1 aliphatic rings. The Morgan fingerprint density at radius 1 is 1.57 bits per heavy atom. The molecule has 1 aromatic rings. The van der Waals surface area contributed by atoms with Gasteiger partial charge in [-0.2, -0.15) is 0 Å². The summed E-state index contributed by atoms with van der Waals surface area (Å²) in [6, 6.07) is 7.28. The van der Waals surface area contributed by atoms with E-state index < -0.39 is 12.0 Å². The number of benzene rings is 1. The minimum atomic E-state index is -0.870. The van der Waals surface area contributed by atoms with Gasteiger partial charge in [-0.25, -0.2) is 0 Å². The zero-order valence-electron chi connectivity index (χ0n) is 13.8. The Kier molecular flexibility index (Phi) is 6.74. The van der Waals surface area contributed by atoms with Crippen LogP contribution in [0.1, 0.15) is 26.7 Å². The first kappa shape index (κ1) is 18.1. The SMILES string of the molecule is CCCOc1cccc(SC2C[C@@H](C)[C@H](C(NC)C(=O)O)O2)c1. The van der Waals surface area contributed by atoms with E-state index in [9.17, 15) is 9.90 Å². The molecule has 0 aromatic heterocycles. The first-order valence-corrected chi connectivity index (χ1v) is 8.88. The van der Waals surface area contributed by atoms with Crippen molar-refractivity contribution in [2.45, 2.75) is 49.2 Å². The topological polar surface area (TPSA) is 67.8 Å². The highest BCUT2D eigenvalue weighted by Crippen LogP contribution is 2.38. The fourth-order valence-corrected chi connectivity index (χ4v) is 3.95. The number of aliphatic carboxylic acids is 1. The second-order valence-corrected chi connectivity index (χ2v) is 7.02. The molecule has 0 saturated carbocycles. The average Bonchev–Trinajstić information content (AvgIpc) is 2.86. The summed E-state index contributed by atoms with van der Waals surface area (Å²) in [6.07, 6.45) is 1.50. The summed E-state index contributed by atoms with van der Waals surface area (Å²) in [4.78, 5) is 12.4. The molecule has 1 fully saturated rings. The van der Waals surface area contributed by atoms with Gasteiger partial charge in [-0.3, -0.25) is 4.79 Å². The zero-order chi connectivity index (χ0) is 16.8. The number of rotatable bonds is 8. The lowest BCUT2D eigenvalue weighted by Gasteiger charge is -2.22. The summed E-state index contributed by atoms with van der Waals surface area (Å²) >= 11 is 1.62. The van der Waals surface area contributed by atoms with Crippen LogP contribution in [-0.2, 0) is 9.53 Å². The fourth-order valence-electron chi connectivity index (χ4n) is 2.72. The van der Waals surface area contributed by atoms with E-state index in [-0.39, 0.29) is 17.5 Å². The van der Waals surface area contributed by atoms with Gasteiger partial charge in [-0.05, 0) is 44.0 Å². The van der Waals surface area contributed by atoms with Crippen molar-refractivity contribution in [1.82, 2.24) is 5.32 Å². The molecule has 23 heavy (non-hydrogen) atoms. The van der Waals surface area contributed by atoms with Gasteiger partial charge in [0.25, 0.3) is 0 Å². The van der Waals surface area contributed by atoms with Crippen molar-refractivity contribution >= 4 is 17.7 Å². The minimum absolute atomic E-state index is 0.0355. The highest BCUT2D eigenvalue weighted by molar-refractivity contribution is 7.99. The van der Waals surface area contributed by atoms with Crippen molar-refractivity contribution in [1.29, 1.82) is 0 Å². The first-order valence-electron chi connectivity index (χ1n) is 8.00. The van der Waals surface area contributed by atoms with E-state index >= 15 is 0 Å². The van der Waals surface area contributed by atoms with Crippen molar-refractivity contribution in [3.63, 3.8) is 0 Å². The largest absolute Gasteiger partial charge is 0.494 e. The predicted octanol–water partition coefficient (Wildman–Crippen LogP) is 2.99. The van der Waals surface area contributed by atoms with Crippen LogP contribution in [0.15, 0.2) is 29.2 Å². The Hall–Kier alpha value is -1.24. The minimum Gasteiger partial charge on any atom is -0.494 e. The molecule has 5 nitrogen and oxygen atoms in total. The number of carboxylic acids is 1. The molecular formula is C17H25NO4S. The predicted molar refractivity (Wildman–Crippen MR) is 91.0 cm³/mol. The molecule has 0 radical (unpaired) electrons. The molecule has 2 N–H and O–H groups in total. The fraction of sp³-hybridized carbons (Fsp3) is 0.588. The van der Waals surface area contributed by atoms with Crippen LogP contribution in [0.4, 0.5) is 0 Å². The quantitative estimate of drug-likeness (QED) is 0.759. The van der Waals surface area contributed by atoms with Gasteiger partial charge < -0.3 is 19.9 Å². The molecule has 2 rings (SSSR count). The Labute approximate surface area is 141 Å². The zero-order valence-corrected chi connectivity index (χ0v) is 14.6. The molecule has 128 valence electrons. The van der Waals surface area contributed by atoms with Gasteiger partial charge in [0.15, 0.2) is 0 Å². The van der Waals surface area contributed by atoms with Crippen LogP contribution in [0.2, 0.25) is 0 Å². The highest BCUT2D eigenvalue weighted by atomic mass is 32.2. The van der Waals surface area contributed by atoms with E-state index in [2.05, 4.69) is 12.2 Å². The van der Waals surface area contributed by atoms with Crippen LogP contribution >= 0.6 is 11.8 Å². The molecule has 0 aliphatic carbocycles. The van der Waals surface area contributed by atoms with Crippen LogP contribution in [0.25, 0.3) is 0 Å². The lowest BCUT2D eigenvalue weighted by molar-refractivity contribution is -0.143. The van der Waals surface area contributed by atoms with Crippen LogP contribution in [0, 0.1) is 5.92 Å². The Morgan fingerprint density at radius 3 is 3.00 bits per heavy atom. The molecule has 6 heteroatoms. The summed E-state index contributed by atoms with van der Waals surface area (Å²) in [6.45, 7) is 4.82. The van der Waals surface area contributed by atoms with Gasteiger partial charge in [-0.15, -0.1) is 0 Å². The molecular weight excluding hydrogens is 314 g/mol. The van der Waals surface area contributed by atoms with Crippen molar-refractivity contribution in [2.75, 3.05) is 13.7 Å². The number of thioether (sulfide) groups is 1. The first-order chi connectivity index (χ1) is 11.0. The number of nitrogens with one attached hydrogen (secondary N) is 1. The van der Waals surface area contributed by atoms with Crippen LogP contribution < -0.4 is 10.1 Å². The third kappa shape index (κ3) is 4.86. The average molecular weight is 339 g/mol. The molecule has 1 aromatic carbocycles. The van der Waals surface area contributed by atoms with E-state index in [0.29, 0.717) is 6.61 Å². The van der Waals surface area contributed by atoms with Crippen molar-refractivity contribution in [2.24, 2.45) is 5.92 Å². The standard InChI is InChI=1S/C17H25NO4S/c1-4-8-21-12-6-5-7-13(10-12)23-14-9-11(2)16(22-14)15(18-3)17(19)20/h5-7,10-11,14-16,18H,4,8-9H2,1-3H3,(H,19,20)/t11-,14?,15?,16-/m1/s1. The van der Waals surface area contributed by atoms with Crippen molar-refractivity contribution in [3.8, 4) is 5.75 Å². The number of ether oxygens (including phenoxy) is 2. The third-order valence-corrected chi connectivity index (χ3v) is 4.98. The summed E-state index contributed by atoms with van der Waals surface area (Å²) in [5.74, 6) is 0.184. The normalized spacial score (nSPS) is 25.3. The smallest absolute Gasteiger partial charge is 0.323 e. The summed E-state index contributed by atoms with van der Waals surface area (Å²) in [7, 11) is 1.66. The maximum absolute atomic E-state index is 11.3. The molecule has 0 bridgehead atoms. The van der Waals surface area contributed by atoms with Gasteiger partial charge in [0.2, 0.25) is 0 Å². The van der Waals surface area contributed by atoms with Crippen molar-refractivity contribution in [3.05, 3.63) is 24.3 Å². The summed E-state index contributed by atoms with van der Waals surface area (Å²) in [5.41, 5.74) is -0.0355. The Morgan fingerprint density at radius 2 is 2.35 bits per heavy atom. The molecule has 1 aliphatic heterocycles. The van der Waals surface area contributed by atoms with Gasteiger partial charge in [0, 0.05) is 4.90 Å². The van der Waals surface area contributed by atoms with Gasteiger partial charge in [0.1, 0.15) is 17.2 Å². The maximum atomic E-state index is 11.3. The van der Waals surface area contributed by atoms with Crippen LogP contribution in [0.5, 0.6) is 5.75 Å². The monoisotopic (exact) mass is 339 g/mol. The number of likely N-dealkylation sites (N-methyl/N-ethyl adjacent to an activating group) is 1. The number of carboxylic acid groups (broad SMARTS) is 1. The maximum Gasteiger partial charge on any atom is 0.323 e. The van der Waals surface area contributed by atoms with Gasteiger partial charge >= 0.3 is 5.97 Å². The van der Waals surface area contributed by atoms with E-state index in [1.165, 1.54) is 0 Å². The molecule has 2 unspecified atom stereocenters. The molecule has 0 spiro atoms. The van der Waals surface area contributed by atoms with Crippen LogP contribution in [0.3, 0.4) is 0 Å². The molecule has 1 heterocycles. The lowest BCUT2D eigenvalue weighted by Crippen LogP contribution is -2.46. The second kappa shape index (κ2) is 8.57.